The maximum absolute atomic E-state index is 11.4. The Morgan fingerprint density at radius 3 is 2.85 bits per heavy atom. The Morgan fingerprint density at radius 2 is 2.38 bits per heavy atom. The third-order valence-corrected chi connectivity index (χ3v) is 1.93. The molecular weight excluding hydrogens is 172 g/mol. The average Bonchev–Trinajstić information content (AvgIpc) is 2.43. The molecule has 0 aliphatic carbocycles. The van der Waals surface area contributed by atoms with Crippen LogP contribution in [0.5, 0.6) is 0 Å². The van der Waals surface area contributed by atoms with Crippen LogP contribution in [0.3, 0.4) is 0 Å². The van der Waals surface area contributed by atoms with Crippen LogP contribution in [-0.2, 0) is 9.47 Å². The molecule has 0 unspecified atom stereocenters. The number of aryl methyl sites for hydroxylation is 1. The van der Waals surface area contributed by atoms with Gasteiger partial charge in [0.05, 0.1) is 19.5 Å². The first-order chi connectivity index (χ1) is 6.27. The van der Waals surface area contributed by atoms with Crippen LogP contribution in [-0.4, -0.2) is 25.3 Å². The molecule has 1 fully saturated rings. The minimum Gasteiger partial charge on any atom is -0.457 e. The average molecular weight is 182 g/mol. The summed E-state index contributed by atoms with van der Waals surface area (Å²) in [7, 11) is 0. The van der Waals surface area contributed by atoms with E-state index in [-0.39, 0.29) is 11.9 Å². The molecule has 2 rings (SSSR count). The second-order valence-corrected chi connectivity index (χ2v) is 3.00. The van der Waals surface area contributed by atoms with Crippen LogP contribution in [0.1, 0.15) is 16.1 Å². The van der Waals surface area contributed by atoms with Crippen LogP contribution in [0.4, 0.5) is 0 Å². The number of rotatable bonds is 2. The summed E-state index contributed by atoms with van der Waals surface area (Å²) in [6.07, 6.45) is 1.38. The summed E-state index contributed by atoms with van der Waals surface area (Å²) >= 11 is 0. The minimum absolute atomic E-state index is 0.100. The highest BCUT2D eigenvalue weighted by Gasteiger charge is 2.25. The highest BCUT2D eigenvalue weighted by Crippen LogP contribution is 2.13. The fraction of sp³-hybridized carbons (Fsp3) is 0.444. The molecule has 1 saturated heterocycles. The van der Waals surface area contributed by atoms with E-state index in [2.05, 4.69) is 0 Å². The van der Waals surface area contributed by atoms with Gasteiger partial charge in [0.2, 0.25) is 5.76 Å². The Kier molecular flexibility index (Phi) is 2.06. The maximum atomic E-state index is 11.4. The van der Waals surface area contributed by atoms with Crippen LogP contribution >= 0.6 is 0 Å². The topological polar surface area (TPSA) is 48.7 Å². The zero-order chi connectivity index (χ0) is 9.26. The Labute approximate surface area is 75.4 Å². The van der Waals surface area contributed by atoms with E-state index in [1.54, 1.807) is 13.0 Å². The van der Waals surface area contributed by atoms with E-state index in [0.29, 0.717) is 13.2 Å². The molecule has 4 heteroatoms. The molecule has 0 bridgehead atoms. The van der Waals surface area contributed by atoms with E-state index in [4.69, 9.17) is 13.9 Å². The normalized spacial score (nSPS) is 16.7. The summed E-state index contributed by atoms with van der Waals surface area (Å²) < 4.78 is 14.9. The molecule has 1 aliphatic rings. The van der Waals surface area contributed by atoms with Crippen molar-refractivity contribution in [1.29, 1.82) is 0 Å². The van der Waals surface area contributed by atoms with Crippen molar-refractivity contribution in [3.8, 4) is 0 Å². The van der Waals surface area contributed by atoms with E-state index >= 15 is 0 Å². The van der Waals surface area contributed by atoms with Crippen molar-refractivity contribution in [3.63, 3.8) is 0 Å². The third-order valence-electron chi connectivity index (χ3n) is 1.93. The number of hydrogen-bond acceptors (Lipinski definition) is 4. The molecule has 70 valence electrons. The molecule has 1 aromatic heterocycles. The predicted molar refractivity (Wildman–Crippen MR) is 43.5 cm³/mol. The Hall–Kier alpha value is -1.29. The van der Waals surface area contributed by atoms with Gasteiger partial charge in [0, 0.05) is 5.56 Å². The standard InChI is InChI=1S/C9H10O4/c1-6-2-3-12-8(6)9(10)13-7-4-11-5-7/h2-3,7H,4-5H2,1H3. The lowest BCUT2D eigenvalue weighted by Crippen LogP contribution is -2.37. The van der Waals surface area contributed by atoms with Crippen molar-refractivity contribution in [2.45, 2.75) is 13.0 Å². The van der Waals surface area contributed by atoms with E-state index in [1.807, 2.05) is 0 Å². The molecule has 1 aromatic rings. The van der Waals surface area contributed by atoms with Gasteiger partial charge in [0.25, 0.3) is 0 Å². The summed E-state index contributed by atoms with van der Waals surface area (Å²) in [6.45, 7) is 2.79. The van der Waals surface area contributed by atoms with Gasteiger partial charge >= 0.3 is 5.97 Å². The van der Waals surface area contributed by atoms with Gasteiger partial charge in [-0.2, -0.15) is 0 Å². The van der Waals surface area contributed by atoms with Crippen LogP contribution in [0.15, 0.2) is 16.7 Å². The molecule has 0 aromatic carbocycles. The van der Waals surface area contributed by atoms with Crippen molar-refractivity contribution in [2.24, 2.45) is 0 Å². The first-order valence-corrected chi connectivity index (χ1v) is 4.10. The smallest absolute Gasteiger partial charge is 0.374 e. The minimum atomic E-state index is -0.407. The number of ether oxygens (including phenoxy) is 2. The number of esters is 1. The van der Waals surface area contributed by atoms with Gasteiger partial charge in [-0.15, -0.1) is 0 Å². The molecule has 0 radical (unpaired) electrons. The zero-order valence-corrected chi connectivity index (χ0v) is 7.28. The quantitative estimate of drug-likeness (QED) is 0.643. The van der Waals surface area contributed by atoms with E-state index in [0.717, 1.165) is 5.56 Å². The van der Waals surface area contributed by atoms with Crippen LogP contribution in [0, 0.1) is 6.92 Å². The lowest BCUT2D eigenvalue weighted by atomic mass is 10.3. The highest BCUT2D eigenvalue weighted by atomic mass is 16.6. The van der Waals surface area contributed by atoms with Crippen molar-refractivity contribution in [2.75, 3.05) is 13.2 Å². The van der Waals surface area contributed by atoms with Gasteiger partial charge in [-0.1, -0.05) is 0 Å². The largest absolute Gasteiger partial charge is 0.457 e. The Bertz CT molecular complexity index is 311. The summed E-state index contributed by atoms with van der Waals surface area (Å²) in [4.78, 5) is 11.4. The fourth-order valence-electron chi connectivity index (χ4n) is 1.07. The summed E-state index contributed by atoms with van der Waals surface area (Å²) in [5.41, 5.74) is 0.797. The second-order valence-electron chi connectivity index (χ2n) is 3.00. The SMILES string of the molecule is Cc1ccoc1C(=O)OC1COC1. The van der Waals surface area contributed by atoms with Gasteiger partial charge in [-0.25, -0.2) is 4.79 Å². The molecule has 0 amide bonds. The number of carbonyl (C=O) groups is 1. The number of furan rings is 1. The number of carbonyl (C=O) groups excluding carboxylic acids is 1. The van der Waals surface area contributed by atoms with E-state index in [9.17, 15) is 4.79 Å². The summed E-state index contributed by atoms with van der Waals surface area (Å²) in [5.74, 6) is -0.122. The van der Waals surface area contributed by atoms with Crippen LogP contribution in [0.25, 0.3) is 0 Å². The van der Waals surface area contributed by atoms with Gasteiger partial charge in [-0.05, 0) is 13.0 Å². The molecule has 13 heavy (non-hydrogen) atoms. The van der Waals surface area contributed by atoms with Crippen molar-refractivity contribution >= 4 is 5.97 Å². The van der Waals surface area contributed by atoms with Crippen LogP contribution in [0.2, 0.25) is 0 Å². The first-order valence-electron chi connectivity index (χ1n) is 4.10. The van der Waals surface area contributed by atoms with Crippen molar-refractivity contribution < 1.29 is 18.7 Å². The second kappa shape index (κ2) is 3.22. The summed E-state index contributed by atoms with van der Waals surface area (Å²) in [5, 5.41) is 0. The molecule has 0 N–H and O–H groups in total. The highest BCUT2D eigenvalue weighted by molar-refractivity contribution is 5.88. The molecular formula is C9H10O4. The van der Waals surface area contributed by atoms with Crippen molar-refractivity contribution in [1.82, 2.24) is 0 Å². The van der Waals surface area contributed by atoms with Crippen LogP contribution < -0.4 is 0 Å². The Balaban J connectivity index is 2.00. The van der Waals surface area contributed by atoms with Gasteiger partial charge in [0.15, 0.2) is 0 Å². The predicted octanol–water partition coefficient (Wildman–Crippen LogP) is 1.14. The van der Waals surface area contributed by atoms with Gasteiger partial charge < -0.3 is 13.9 Å². The van der Waals surface area contributed by atoms with E-state index in [1.165, 1.54) is 6.26 Å². The Morgan fingerprint density at radius 1 is 1.62 bits per heavy atom. The molecule has 0 spiro atoms. The molecule has 0 saturated carbocycles. The van der Waals surface area contributed by atoms with Gasteiger partial charge in [-0.3, -0.25) is 0 Å². The monoisotopic (exact) mass is 182 g/mol. The lowest BCUT2D eigenvalue weighted by molar-refractivity contribution is -0.104. The fourth-order valence-corrected chi connectivity index (χ4v) is 1.07. The van der Waals surface area contributed by atoms with Crippen molar-refractivity contribution in [3.05, 3.63) is 23.7 Å². The molecule has 2 heterocycles. The lowest BCUT2D eigenvalue weighted by Gasteiger charge is -2.25. The summed E-state index contributed by atoms with van der Waals surface area (Å²) in [6, 6.07) is 1.73. The zero-order valence-electron chi connectivity index (χ0n) is 7.28. The molecule has 1 aliphatic heterocycles. The first kappa shape index (κ1) is 8.31. The van der Waals surface area contributed by atoms with Gasteiger partial charge in [0.1, 0.15) is 6.10 Å². The third kappa shape index (κ3) is 1.58. The van der Waals surface area contributed by atoms with E-state index < -0.39 is 5.97 Å². The maximum Gasteiger partial charge on any atom is 0.374 e. The number of hydrogen-bond donors (Lipinski definition) is 0. The molecule has 0 atom stereocenters. The molecule has 4 nitrogen and oxygen atoms in total.